The Kier molecular flexibility index (Phi) is 1.95. The lowest BCUT2D eigenvalue weighted by molar-refractivity contribution is 1.01. The molecule has 4 heteroatoms. The van der Waals surface area contributed by atoms with Crippen molar-refractivity contribution in [3.8, 4) is 6.07 Å². The molecule has 0 aliphatic carbocycles. The third-order valence-corrected chi connectivity index (χ3v) is 2.26. The van der Waals surface area contributed by atoms with E-state index in [0.717, 1.165) is 17.0 Å². The number of nitrogens with two attached hydrogens (primary N) is 1. The van der Waals surface area contributed by atoms with Gasteiger partial charge in [0.15, 0.2) is 0 Å². The van der Waals surface area contributed by atoms with Crippen LogP contribution >= 0.6 is 0 Å². The average molecular weight is 186 g/mol. The van der Waals surface area contributed by atoms with Crippen LogP contribution in [-0.4, -0.2) is 9.38 Å². The highest BCUT2D eigenvalue weighted by atomic mass is 15.0. The summed E-state index contributed by atoms with van der Waals surface area (Å²) in [6.07, 6.45) is 1.87. The molecule has 2 rings (SSSR count). The second-order valence-corrected chi connectivity index (χ2v) is 3.11. The van der Waals surface area contributed by atoms with Crippen LogP contribution in [-0.2, 0) is 6.54 Å². The Morgan fingerprint density at radius 2 is 2.36 bits per heavy atom. The molecule has 0 saturated carbocycles. The van der Waals surface area contributed by atoms with E-state index in [1.54, 1.807) is 6.07 Å². The van der Waals surface area contributed by atoms with Gasteiger partial charge in [0.25, 0.3) is 0 Å². The topological polar surface area (TPSA) is 67.1 Å². The summed E-state index contributed by atoms with van der Waals surface area (Å²) in [5.41, 5.74) is 8.73. The Morgan fingerprint density at radius 1 is 1.57 bits per heavy atom. The molecule has 0 amide bonds. The Balaban J connectivity index is 2.76. The van der Waals surface area contributed by atoms with Crippen molar-refractivity contribution >= 4 is 5.65 Å². The van der Waals surface area contributed by atoms with E-state index in [4.69, 9.17) is 11.0 Å². The minimum absolute atomic E-state index is 0.420. The van der Waals surface area contributed by atoms with Crippen LogP contribution in [0.25, 0.3) is 5.65 Å². The molecule has 0 atom stereocenters. The average Bonchev–Trinajstić information content (AvgIpc) is 2.62. The number of aryl methyl sites for hydroxylation is 1. The molecule has 70 valence electrons. The first-order chi connectivity index (χ1) is 6.76. The number of hydrogen-bond donors (Lipinski definition) is 1. The summed E-state index contributed by atoms with van der Waals surface area (Å²) in [7, 11) is 0. The molecule has 2 aromatic heterocycles. The van der Waals surface area contributed by atoms with Gasteiger partial charge in [-0.1, -0.05) is 0 Å². The third-order valence-electron chi connectivity index (χ3n) is 2.26. The maximum Gasteiger partial charge on any atom is 0.137 e. The number of nitrogens with zero attached hydrogens (tertiary/aromatic N) is 3. The zero-order valence-corrected chi connectivity index (χ0v) is 7.86. The molecule has 0 spiro atoms. The van der Waals surface area contributed by atoms with Crippen LogP contribution in [0.3, 0.4) is 0 Å². The highest BCUT2D eigenvalue weighted by Crippen LogP contribution is 2.12. The van der Waals surface area contributed by atoms with Crippen LogP contribution in [0.15, 0.2) is 18.3 Å². The maximum absolute atomic E-state index is 8.83. The van der Waals surface area contributed by atoms with Gasteiger partial charge in [-0.15, -0.1) is 0 Å². The van der Waals surface area contributed by atoms with Crippen molar-refractivity contribution < 1.29 is 0 Å². The summed E-state index contributed by atoms with van der Waals surface area (Å²) in [6, 6.07) is 5.73. The van der Waals surface area contributed by atoms with E-state index in [1.807, 2.05) is 23.6 Å². The van der Waals surface area contributed by atoms with Gasteiger partial charge in [0.05, 0.1) is 11.3 Å². The highest BCUT2D eigenvalue weighted by molar-refractivity contribution is 5.47. The van der Waals surface area contributed by atoms with Gasteiger partial charge in [0.1, 0.15) is 11.7 Å². The van der Waals surface area contributed by atoms with Gasteiger partial charge < -0.3 is 10.1 Å². The molecule has 0 saturated heterocycles. The van der Waals surface area contributed by atoms with Gasteiger partial charge in [-0.05, 0) is 19.1 Å². The summed E-state index contributed by atoms with van der Waals surface area (Å²) >= 11 is 0. The van der Waals surface area contributed by atoms with Crippen LogP contribution in [0.5, 0.6) is 0 Å². The smallest absolute Gasteiger partial charge is 0.137 e. The van der Waals surface area contributed by atoms with Crippen LogP contribution < -0.4 is 5.73 Å². The van der Waals surface area contributed by atoms with E-state index < -0.39 is 0 Å². The normalized spacial score (nSPS) is 10.4. The fourth-order valence-electron chi connectivity index (χ4n) is 1.46. The van der Waals surface area contributed by atoms with Crippen molar-refractivity contribution in [3.63, 3.8) is 0 Å². The number of aromatic nitrogens is 2. The Hall–Kier alpha value is -1.86. The number of hydrogen-bond acceptors (Lipinski definition) is 3. The number of imidazole rings is 1. The van der Waals surface area contributed by atoms with Gasteiger partial charge in [0.2, 0.25) is 0 Å². The van der Waals surface area contributed by atoms with E-state index in [9.17, 15) is 0 Å². The van der Waals surface area contributed by atoms with Gasteiger partial charge in [0, 0.05) is 18.4 Å². The lowest BCUT2D eigenvalue weighted by Gasteiger charge is -2.00. The maximum atomic E-state index is 8.83. The second-order valence-electron chi connectivity index (χ2n) is 3.11. The van der Waals surface area contributed by atoms with E-state index in [2.05, 4.69) is 11.1 Å². The van der Waals surface area contributed by atoms with Crippen LogP contribution in [0.4, 0.5) is 0 Å². The summed E-state index contributed by atoms with van der Waals surface area (Å²) in [6.45, 7) is 2.32. The molecule has 0 unspecified atom stereocenters. The predicted molar refractivity (Wildman–Crippen MR) is 52.5 cm³/mol. The molecular formula is C10H10N4. The van der Waals surface area contributed by atoms with Gasteiger partial charge >= 0.3 is 0 Å². The Labute approximate surface area is 81.6 Å². The molecule has 0 aliphatic heterocycles. The highest BCUT2D eigenvalue weighted by Gasteiger charge is 2.05. The van der Waals surface area contributed by atoms with E-state index in [-0.39, 0.29) is 0 Å². The van der Waals surface area contributed by atoms with Crippen molar-refractivity contribution in [2.45, 2.75) is 13.5 Å². The van der Waals surface area contributed by atoms with Crippen LogP contribution in [0.1, 0.15) is 17.0 Å². The van der Waals surface area contributed by atoms with E-state index in [1.165, 1.54) is 0 Å². The molecule has 0 bridgehead atoms. The second kappa shape index (κ2) is 3.13. The molecule has 4 nitrogen and oxygen atoms in total. The first-order valence-electron chi connectivity index (χ1n) is 4.34. The van der Waals surface area contributed by atoms with Gasteiger partial charge in [-0.25, -0.2) is 4.98 Å². The molecular weight excluding hydrogens is 176 g/mol. The van der Waals surface area contributed by atoms with Crippen LogP contribution in [0.2, 0.25) is 0 Å². The number of pyridine rings is 1. The van der Waals surface area contributed by atoms with Gasteiger partial charge in [-0.3, -0.25) is 0 Å². The summed E-state index contributed by atoms with van der Waals surface area (Å²) in [5, 5.41) is 8.83. The fraction of sp³-hybridized carbons (Fsp3) is 0.200. The zero-order chi connectivity index (χ0) is 10.1. The number of rotatable bonds is 1. The zero-order valence-electron chi connectivity index (χ0n) is 7.86. The van der Waals surface area contributed by atoms with Crippen LogP contribution in [0, 0.1) is 18.3 Å². The van der Waals surface area contributed by atoms with Crippen molar-refractivity contribution in [2.24, 2.45) is 5.73 Å². The minimum Gasteiger partial charge on any atom is -0.325 e. The molecule has 2 N–H and O–H groups in total. The first kappa shape index (κ1) is 8.73. The van der Waals surface area contributed by atoms with Crippen molar-refractivity contribution in [1.82, 2.24) is 9.38 Å². The standard InChI is InChI=1S/C10H10N4/c1-7-8(4-11)2-3-10-13-9(5-12)6-14(7)10/h2-3,6H,5,12H2,1H3. The van der Waals surface area contributed by atoms with Gasteiger partial charge in [-0.2, -0.15) is 5.26 Å². The van der Waals surface area contributed by atoms with Crippen molar-refractivity contribution in [2.75, 3.05) is 0 Å². The number of fused-ring (bicyclic) bond motifs is 1. The SMILES string of the molecule is Cc1c(C#N)ccc2nc(CN)cn12. The number of nitriles is 1. The molecule has 0 fully saturated rings. The summed E-state index contributed by atoms with van der Waals surface area (Å²) in [5.74, 6) is 0. The molecule has 0 aliphatic rings. The largest absolute Gasteiger partial charge is 0.325 e. The monoisotopic (exact) mass is 186 g/mol. The molecule has 0 radical (unpaired) electrons. The summed E-state index contributed by atoms with van der Waals surface area (Å²) < 4.78 is 1.89. The van der Waals surface area contributed by atoms with E-state index >= 15 is 0 Å². The Morgan fingerprint density at radius 3 is 3.00 bits per heavy atom. The first-order valence-corrected chi connectivity index (χ1v) is 4.34. The Bertz CT molecular complexity index is 519. The lowest BCUT2D eigenvalue weighted by Crippen LogP contribution is -1.95. The molecule has 0 aromatic carbocycles. The summed E-state index contributed by atoms with van der Waals surface area (Å²) in [4.78, 5) is 4.30. The third kappa shape index (κ3) is 1.15. The molecule has 2 aromatic rings. The molecule has 2 heterocycles. The van der Waals surface area contributed by atoms with Crippen molar-refractivity contribution in [3.05, 3.63) is 35.3 Å². The molecule has 14 heavy (non-hydrogen) atoms. The lowest BCUT2D eigenvalue weighted by atomic mass is 10.2. The predicted octanol–water partition coefficient (Wildman–Crippen LogP) is 0.973. The minimum atomic E-state index is 0.420. The van der Waals surface area contributed by atoms with E-state index in [0.29, 0.717) is 12.1 Å². The quantitative estimate of drug-likeness (QED) is 0.721. The fourth-order valence-corrected chi connectivity index (χ4v) is 1.46. The van der Waals surface area contributed by atoms with Crippen molar-refractivity contribution in [1.29, 1.82) is 5.26 Å².